The number of rotatable bonds is 11. The molecule has 2 heterocycles. The molecule has 0 aliphatic carbocycles. The van der Waals surface area contributed by atoms with Crippen LogP contribution >= 0.6 is 0 Å². The smallest absolute Gasteiger partial charge is 0.257 e. The number of amides is 2. The van der Waals surface area contributed by atoms with Crippen molar-refractivity contribution < 1.29 is 14.1 Å². The quantitative estimate of drug-likeness (QED) is 0.382. The number of anilines is 1. The number of nitrogens with one attached hydrogen (secondary N) is 2. The minimum Gasteiger partial charge on any atom is -0.353 e. The number of carbonyl (C=O) groups is 2. The van der Waals surface area contributed by atoms with Crippen molar-refractivity contribution in [1.29, 1.82) is 0 Å². The highest BCUT2D eigenvalue weighted by Crippen LogP contribution is 2.28. The third-order valence-corrected chi connectivity index (χ3v) is 6.47. The molecule has 0 spiro atoms. The second kappa shape index (κ2) is 12.0. The molecule has 0 radical (unpaired) electrons. The van der Waals surface area contributed by atoms with E-state index >= 15 is 0 Å². The molecule has 1 aliphatic heterocycles. The van der Waals surface area contributed by atoms with Crippen molar-refractivity contribution in [2.24, 2.45) is 0 Å². The van der Waals surface area contributed by atoms with Gasteiger partial charge in [-0.1, -0.05) is 42.4 Å². The van der Waals surface area contributed by atoms with Crippen LogP contribution in [0.3, 0.4) is 0 Å². The maximum absolute atomic E-state index is 13.5. The summed E-state index contributed by atoms with van der Waals surface area (Å²) in [5.74, 6) is 0.677. The zero-order valence-electron chi connectivity index (χ0n) is 22.0. The lowest BCUT2D eigenvalue weighted by Gasteiger charge is -2.32. The molecule has 0 saturated heterocycles. The molecule has 2 aromatic carbocycles. The monoisotopic (exact) mass is 505 g/mol. The van der Waals surface area contributed by atoms with Crippen LogP contribution < -0.4 is 15.5 Å². The van der Waals surface area contributed by atoms with E-state index in [0.29, 0.717) is 37.9 Å². The van der Waals surface area contributed by atoms with Crippen molar-refractivity contribution in [3.63, 3.8) is 0 Å². The summed E-state index contributed by atoms with van der Waals surface area (Å²) in [5, 5.41) is 13.7. The highest BCUT2D eigenvalue weighted by molar-refractivity contribution is 5.87. The summed E-state index contributed by atoms with van der Waals surface area (Å²) in [5.41, 5.74) is 4.87. The van der Waals surface area contributed by atoms with Gasteiger partial charge in [0.15, 0.2) is 5.82 Å². The maximum Gasteiger partial charge on any atom is 0.257 e. The molecule has 37 heavy (non-hydrogen) atoms. The minimum absolute atomic E-state index is 0.0388. The Morgan fingerprint density at radius 1 is 1.05 bits per heavy atom. The number of hydrazine groups is 1. The summed E-state index contributed by atoms with van der Waals surface area (Å²) in [6.07, 6.45) is 0. The molecule has 0 atom stereocenters. The zero-order chi connectivity index (χ0) is 26.4. The van der Waals surface area contributed by atoms with Crippen LogP contribution in [0.25, 0.3) is 11.5 Å². The first-order chi connectivity index (χ1) is 17.9. The van der Waals surface area contributed by atoms with Crippen LogP contribution in [0.15, 0.2) is 47.0 Å². The lowest BCUT2D eigenvalue weighted by Crippen LogP contribution is -2.48. The van der Waals surface area contributed by atoms with Gasteiger partial charge in [-0.3, -0.25) is 14.6 Å². The van der Waals surface area contributed by atoms with Gasteiger partial charge in [-0.25, -0.2) is 5.01 Å². The largest absolute Gasteiger partial charge is 0.353 e. The Hall–Kier alpha value is -3.76. The first kappa shape index (κ1) is 26.3. The molecule has 10 heteroatoms. The average molecular weight is 506 g/mol. The third-order valence-electron chi connectivity index (χ3n) is 6.47. The average Bonchev–Trinajstić information content (AvgIpc) is 3.52. The molecule has 1 aromatic heterocycles. The lowest BCUT2D eigenvalue weighted by molar-refractivity contribution is -0.145. The molecular weight excluding hydrogens is 470 g/mol. The number of hydrogen-bond donors (Lipinski definition) is 2. The van der Waals surface area contributed by atoms with E-state index in [4.69, 9.17) is 4.52 Å². The van der Waals surface area contributed by atoms with Gasteiger partial charge in [-0.05, 0) is 49.2 Å². The van der Waals surface area contributed by atoms with Crippen LogP contribution in [-0.2, 0) is 22.7 Å². The second-order valence-corrected chi connectivity index (χ2v) is 9.22. The van der Waals surface area contributed by atoms with Gasteiger partial charge in [0.2, 0.25) is 5.91 Å². The van der Waals surface area contributed by atoms with Crippen LogP contribution in [0.5, 0.6) is 0 Å². The standard InChI is InChI=1S/C27H35N7O3/c1-5-28-12-13-29-25(35)17-33(24-14-21(11-10-19(24)2)27-30-20(3)31-37-27)18-26(36)32(4)34-15-22-8-6-7-9-23(22)16-34/h6-11,14,28H,5,12-13,15-18H2,1-4H3,(H,29,35). The molecule has 3 aromatic rings. The molecule has 10 nitrogen and oxygen atoms in total. The molecule has 0 fully saturated rings. The summed E-state index contributed by atoms with van der Waals surface area (Å²) >= 11 is 0. The highest BCUT2D eigenvalue weighted by Gasteiger charge is 2.27. The van der Waals surface area contributed by atoms with Crippen LogP contribution in [0.1, 0.15) is 29.4 Å². The van der Waals surface area contributed by atoms with E-state index in [1.165, 1.54) is 11.1 Å². The van der Waals surface area contributed by atoms with Crippen LogP contribution in [0.4, 0.5) is 5.69 Å². The minimum atomic E-state index is -0.152. The maximum atomic E-state index is 13.5. The molecule has 0 unspecified atom stereocenters. The van der Waals surface area contributed by atoms with E-state index in [9.17, 15) is 9.59 Å². The fourth-order valence-corrected chi connectivity index (χ4v) is 4.37. The van der Waals surface area contributed by atoms with Gasteiger partial charge in [0.1, 0.15) is 0 Å². The number of benzene rings is 2. The number of aryl methyl sites for hydroxylation is 2. The van der Waals surface area contributed by atoms with Crippen molar-refractivity contribution in [3.05, 3.63) is 65.0 Å². The van der Waals surface area contributed by atoms with Gasteiger partial charge in [-0.15, -0.1) is 0 Å². The Labute approximate surface area is 217 Å². The predicted molar refractivity (Wildman–Crippen MR) is 141 cm³/mol. The van der Waals surface area contributed by atoms with Crippen molar-refractivity contribution in [2.45, 2.75) is 33.9 Å². The van der Waals surface area contributed by atoms with Gasteiger partial charge in [-0.2, -0.15) is 4.98 Å². The van der Waals surface area contributed by atoms with Gasteiger partial charge in [0.05, 0.1) is 13.1 Å². The topological polar surface area (TPSA) is 107 Å². The number of nitrogens with zero attached hydrogens (tertiary/aromatic N) is 5. The van der Waals surface area contributed by atoms with Gasteiger partial charge < -0.3 is 20.1 Å². The number of likely N-dealkylation sites (N-methyl/N-ethyl adjacent to an activating group) is 2. The van der Waals surface area contributed by atoms with E-state index in [1.54, 1.807) is 19.0 Å². The highest BCUT2D eigenvalue weighted by atomic mass is 16.5. The number of carbonyl (C=O) groups excluding carboxylic acids is 2. The molecule has 1 aliphatic rings. The molecule has 2 amide bonds. The summed E-state index contributed by atoms with van der Waals surface area (Å²) in [4.78, 5) is 32.5. The van der Waals surface area contributed by atoms with E-state index in [-0.39, 0.29) is 24.9 Å². The Morgan fingerprint density at radius 3 is 2.43 bits per heavy atom. The number of fused-ring (bicyclic) bond motifs is 1. The fraction of sp³-hybridized carbons (Fsp3) is 0.407. The lowest BCUT2D eigenvalue weighted by atomic mass is 10.1. The Morgan fingerprint density at radius 2 is 1.78 bits per heavy atom. The van der Waals surface area contributed by atoms with E-state index in [2.05, 4.69) is 32.9 Å². The zero-order valence-corrected chi connectivity index (χ0v) is 22.0. The predicted octanol–water partition coefficient (Wildman–Crippen LogP) is 2.27. The molecular formula is C27H35N7O3. The van der Waals surface area contributed by atoms with Gasteiger partial charge in [0, 0.05) is 44.5 Å². The van der Waals surface area contributed by atoms with E-state index in [0.717, 1.165) is 23.4 Å². The molecule has 4 rings (SSSR count). The number of aromatic nitrogens is 2. The first-order valence-corrected chi connectivity index (χ1v) is 12.6. The normalized spacial score (nSPS) is 12.9. The van der Waals surface area contributed by atoms with E-state index < -0.39 is 0 Å². The third kappa shape index (κ3) is 6.52. The Kier molecular flexibility index (Phi) is 8.52. The van der Waals surface area contributed by atoms with Crippen LogP contribution in [0, 0.1) is 13.8 Å². The molecule has 0 bridgehead atoms. The van der Waals surface area contributed by atoms with Crippen LogP contribution in [0.2, 0.25) is 0 Å². The molecule has 0 saturated carbocycles. The van der Waals surface area contributed by atoms with E-state index in [1.807, 2.05) is 54.1 Å². The molecule has 2 N–H and O–H groups in total. The summed E-state index contributed by atoms with van der Waals surface area (Å²) in [6.45, 7) is 9.20. The number of hydrogen-bond acceptors (Lipinski definition) is 8. The Bertz CT molecular complexity index is 1220. The van der Waals surface area contributed by atoms with Gasteiger partial charge in [0.25, 0.3) is 11.8 Å². The fourth-order valence-electron chi connectivity index (χ4n) is 4.37. The van der Waals surface area contributed by atoms with Crippen LogP contribution in [-0.4, -0.2) is 71.7 Å². The van der Waals surface area contributed by atoms with Crippen molar-refractivity contribution in [3.8, 4) is 11.5 Å². The summed E-state index contributed by atoms with van der Waals surface area (Å²) in [7, 11) is 1.79. The second-order valence-electron chi connectivity index (χ2n) is 9.22. The summed E-state index contributed by atoms with van der Waals surface area (Å²) in [6, 6.07) is 13.9. The molecule has 196 valence electrons. The van der Waals surface area contributed by atoms with Crippen molar-refractivity contribution in [2.75, 3.05) is 44.7 Å². The van der Waals surface area contributed by atoms with Crippen molar-refractivity contribution in [1.82, 2.24) is 30.8 Å². The Balaban J connectivity index is 1.53. The summed E-state index contributed by atoms with van der Waals surface area (Å²) < 4.78 is 5.35. The first-order valence-electron chi connectivity index (χ1n) is 12.6. The van der Waals surface area contributed by atoms with Gasteiger partial charge >= 0.3 is 0 Å². The SMILES string of the molecule is CCNCCNC(=O)CN(CC(=O)N(C)N1Cc2ccccc2C1)c1cc(-c2nc(C)no2)ccc1C. The van der Waals surface area contributed by atoms with Crippen molar-refractivity contribution >= 4 is 17.5 Å².